The van der Waals surface area contributed by atoms with Crippen molar-refractivity contribution in [3.8, 4) is 0 Å². The molecular weight excluding hydrogens is 195 g/mol. The van der Waals surface area contributed by atoms with Crippen LogP contribution in [0.15, 0.2) is 18.2 Å². The van der Waals surface area contributed by atoms with Crippen molar-refractivity contribution in [2.24, 2.45) is 0 Å². The van der Waals surface area contributed by atoms with E-state index in [0.29, 0.717) is 5.56 Å². The van der Waals surface area contributed by atoms with E-state index < -0.39 is 0 Å². The smallest absolute Gasteiger partial charge is 0.128 e. The maximum Gasteiger partial charge on any atom is 0.128 e. The molecule has 0 aliphatic carbocycles. The van der Waals surface area contributed by atoms with Crippen LogP contribution in [0.4, 0.5) is 10.1 Å². The van der Waals surface area contributed by atoms with Crippen molar-refractivity contribution in [3.63, 3.8) is 0 Å². The second kappa shape index (κ2) is 4.59. The predicted molar refractivity (Wildman–Crippen MR) is 57.4 cm³/mol. The van der Waals surface area contributed by atoms with Crippen LogP contribution in [0.25, 0.3) is 0 Å². The molecule has 2 N–H and O–H groups in total. The Morgan fingerprint density at radius 3 is 2.73 bits per heavy atom. The summed E-state index contributed by atoms with van der Waals surface area (Å²) in [6, 6.07) is 4.91. The Morgan fingerprint density at radius 1 is 1.33 bits per heavy atom. The van der Waals surface area contributed by atoms with E-state index in [1.807, 2.05) is 0 Å². The van der Waals surface area contributed by atoms with Gasteiger partial charge < -0.3 is 15.3 Å². The van der Waals surface area contributed by atoms with Gasteiger partial charge in [-0.15, -0.1) is 0 Å². The van der Waals surface area contributed by atoms with E-state index in [-0.39, 0.29) is 12.4 Å². The van der Waals surface area contributed by atoms with Gasteiger partial charge in [0.2, 0.25) is 0 Å². The highest BCUT2D eigenvalue weighted by atomic mass is 19.1. The van der Waals surface area contributed by atoms with Crippen LogP contribution < -0.4 is 10.2 Å². The minimum atomic E-state index is -0.337. The molecule has 1 fully saturated rings. The van der Waals surface area contributed by atoms with Crippen LogP contribution in [-0.2, 0) is 6.61 Å². The third-order valence-electron chi connectivity index (χ3n) is 2.68. The van der Waals surface area contributed by atoms with E-state index in [2.05, 4.69) is 10.2 Å². The summed E-state index contributed by atoms with van der Waals surface area (Å²) >= 11 is 0. The molecule has 1 aliphatic heterocycles. The normalized spacial score (nSPS) is 16.8. The topological polar surface area (TPSA) is 35.5 Å². The molecule has 0 spiro atoms. The van der Waals surface area contributed by atoms with Gasteiger partial charge in [-0.05, 0) is 18.2 Å². The Morgan fingerprint density at radius 2 is 2.07 bits per heavy atom. The van der Waals surface area contributed by atoms with Gasteiger partial charge in [-0.25, -0.2) is 4.39 Å². The Kier molecular flexibility index (Phi) is 3.18. The van der Waals surface area contributed by atoms with Crippen LogP contribution in [-0.4, -0.2) is 31.3 Å². The molecule has 0 atom stereocenters. The molecule has 15 heavy (non-hydrogen) atoms. The fourth-order valence-electron chi connectivity index (χ4n) is 1.80. The molecule has 3 nitrogen and oxygen atoms in total. The Hall–Kier alpha value is -1.13. The molecule has 0 radical (unpaired) electrons. The molecule has 2 rings (SSSR count). The summed E-state index contributed by atoms with van der Waals surface area (Å²) in [5.74, 6) is -0.337. The standard InChI is InChI=1S/C11H15FN2O/c12-11-2-1-10(7-9(11)8-15)14-5-3-13-4-6-14/h1-2,7,13,15H,3-6,8H2. The van der Waals surface area contributed by atoms with Gasteiger partial charge in [0.25, 0.3) is 0 Å². The van der Waals surface area contributed by atoms with Crippen LogP contribution in [0.5, 0.6) is 0 Å². The second-order valence-corrected chi connectivity index (χ2v) is 3.67. The first-order valence-corrected chi connectivity index (χ1v) is 5.16. The van der Waals surface area contributed by atoms with E-state index in [9.17, 15) is 4.39 Å². The van der Waals surface area contributed by atoms with Gasteiger partial charge >= 0.3 is 0 Å². The zero-order chi connectivity index (χ0) is 10.7. The van der Waals surface area contributed by atoms with E-state index in [1.165, 1.54) is 6.07 Å². The van der Waals surface area contributed by atoms with E-state index in [0.717, 1.165) is 31.9 Å². The van der Waals surface area contributed by atoms with Crippen molar-refractivity contribution in [1.82, 2.24) is 5.32 Å². The fourth-order valence-corrected chi connectivity index (χ4v) is 1.80. The lowest BCUT2D eigenvalue weighted by Crippen LogP contribution is -2.43. The van der Waals surface area contributed by atoms with Crippen molar-refractivity contribution >= 4 is 5.69 Å². The molecule has 1 heterocycles. The molecule has 0 saturated carbocycles. The minimum Gasteiger partial charge on any atom is -0.392 e. The summed E-state index contributed by atoms with van der Waals surface area (Å²) in [7, 11) is 0. The average molecular weight is 210 g/mol. The predicted octanol–water partition coefficient (Wildman–Crippen LogP) is 0.728. The summed E-state index contributed by atoms with van der Waals surface area (Å²) in [4.78, 5) is 2.19. The number of nitrogens with zero attached hydrogens (tertiary/aromatic N) is 1. The van der Waals surface area contributed by atoms with E-state index in [1.54, 1.807) is 12.1 Å². The minimum absolute atomic E-state index is 0.244. The quantitative estimate of drug-likeness (QED) is 0.755. The van der Waals surface area contributed by atoms with Crippen molar-refractivity contribution in [2.75, 3.05) is 31.1 Å². The van der Waals surface area contributed by atoms with Crippen LogP contribution >= 0.6 is 0 Å². The maximum atomic E-state index is 13.1. The molecule has 0 bridgehead atoms. The van der Waals surface area contributed by atoms with Gasteiger partial charge in [0.15, 0.2) is 0 Å². The van der Waals surface area contributed by atoms with Crippen molar-refractivity contribution in [1.29, 1.82) is 0 Å². The maximum absolute atomic E-state index is 13.1. The molecule has 0 aromatic heterocycles. The van der Waals surface area contributed by atoms with Crippen molar-refractivity contribution < 1.29 is 9.50 Å². The lowest BCUT2D eigenvalue weighted by Gasteiger charge is -2.29. The zero-order valence-corrected chi connectivity index (χ0v) is 8.54. The molecule has 0 unspecified atom stereocenters. The zero-order valence-electron chi connectivity index (χ0n) is 8.54. The highest BCUT2D eigenvalue weighted by Crippen LogP contribution is 2.19. The van der Waals surface area contributed by atoms with Crippen LogP contribution in [0.1, 0.15) is 5.56 Å². The summed E-state index contributed by atoms with van der Waals surface area (Å²) in [6.07, 6.45) is 0. The molecular formula is C11H15FN2O. The molecule has 4 heteroatoms. The Labute approximate surface area is 88.5 Å². The summed E-state index contributed by atoms with van der Waals surface area (Å²) in [5.41, 5.74) is 1.35. The molecule has 1 saturated heterocycles. The Bertz CT molecular complexity index is 337. The van der Waals surface area contributed by atoms with Crippen LogP contribution in [0, 0.1) is 5.82 Å². The molecule has 0 amide bonds. The van der Waals surface area contributed by atoms with E-state index >= 15 is 0 Å². The molecule has 1 aliphatic rings. The number of aliphatic hydroxyl groups is 1. The number of nitrogens with one attached hydrogen (secondary N) is 1. The molecule has 1 aromatic rings. The van der Waals surface area contributed by atoms with E-state index in [4.69, 9.17) is 5.11 Å². The number of aliphatic hydroxyl groups excluding tert-OH is 1. The summed E-state index contributed by atoms with van der Waals surface area (Å²) < 4.78 is 13.1. The summed E-state index contributed by atoms with van der Waals surface area (Å²) in [5, 5.41) is 12.2. The largest absolute Gasteiger partial charge is 0.392 e. The first-order valence-electron chi connectivity index (χ1n) is 5.16. The number of hydrogen-bond donors (Lipinski definition) is 2. The van der Waals surface area contributed by atoms with Crippen molar-refractivity contribution in [3.05, 3.63) is 29.6 Å². The third-order valence-corrected chi connectivity index (χ3v) is 2.68. The number of piperazine rings is 1. The summed E-state index contributed by atoms with van der Waals surface area (Å²) in [6.45, 7) is 3.51. The third kappa shape index (κ3) is 2.27. The first-order chi connectivity index (χ1) is 7.31. The van der Waals surface area contributed by atoms with Gasteiger partial charge in [0.05, 0.1) is 6.61 Å². The number of benzene rings is 1. The van der Waals surface area contributed by atoms with Crippen LogP contribution in [0.3, 0.4) is 0 Å². The molecule has 82 valence electrons. The Balaban J connectivity index is 2.20. The van der Waals surface area contributed by atoms with Gasteiger partial charge in [-0.2, -0.15) is 0 Å². The molecule has 1 aromatic carbocycles. The van der Waals surface area contributed by atoms with Gasteiger partial charge in [-0.1, -0.05) is 0 Å². The fraction of sp³-hybridized carbons (Fsp3) is 0.455. The SMILES string of the molecule is OCc1cc(N2CCNCC2)ccc1F. The lowest BCUT2D eigenvalue weighted by molar-refractivity contribution is 0.276. The lowest BCUT2D eigenvalue weighted by atomic mass is 10.1. The second-order valence-electron chi connectivity index (χ2n) is 3.67. The van der Waals surface area contributed by atoms with Gasteiger partial charge in [0, 0.05) is 37.4 Å². The monoisotopic (exact) mass is 210 g/mol. The van der Waals surface area contributed by atoms with Crippen molar-refractivity contribution in [2.45, 2.75) is 6.61 Å². The highest BCUT2D eigenvalue weighted by molar-refractivity contribution is 5.49. The van der Waals surface area contributed by atoms with Gasteiger partial charge in [-0.3, -0.25) is 0 Å². The highest BCUT2D eigenvalue weighted by Gasteiger charge is 2.11. The number of hydrogen-bond acceptors (Lipinski definition) is 3. The number of rotatable bonds is 2. The number of anilines is 1. The van der Waals surface area contributed by atoms with Crippen LogP contribution in [0.2, 0.25) is 0 Å². The average Bonchev–Trinajstić information content (AvgIpc) is 2.31. The number of halogens is 1. The first kappa shape index (κ1) is 10.4. The van der Waals surface area contributed by atoms with Gasteiger partial charge in [0.1, 0.15) is 5.82 Å².